The van der Waals surface area contributed by atoms with Crippen molar-refractivity contribution in [3.8, 4) is 11.5 Å². The quantitative estimate of drug-likeness (QED) is 0.582. The Morgan fingerprint density at radius 2 is 1.60 bits per heavy atom. The Labute approximate surface area is 175 Å². The molecule has 0 bridgehead atoms. The number of benzene rings is 3. The van der Waals surface area contributed by atoms with Crippen LogP contribution in [0, 0.1) is 5.82 Å². The number of hydrogen-bond donors (Lipinski definition) is 1. The van der Waals surface area contributed by atoms with Crippen LogP contribution in [0.3, 0.4) is 0 Å². The molecule has 0 heterocycles. The van der Waals surface area contributed by atoms with Gasteiger partial charge in [-0.2, -0.15) is 4.31 Å². The molecule has 0 spiro atoms. The number of halogens is 1. The van der Waals surface area contributed by atoms with Crippen molar-refractivity contribution < 1.29 is 22.3 Å². The molecule has 0 saturated heterocycles. The lowest BCUT2D eigenvalue weighted by atomic mass is 10.3. The van der Waals surface area contributed by atoms with Crippen molar-refractivity contribution in [2.75, 3.05) is 18.4 Å². The fourth-order valence-electron chi connectivity index (χ4n) is 2.75. The Kier molecular flexibility index (Phi) is 6.81. The van der Waals surface area contributed by atoms with Gasteiger partial charge < -0.3 is 10.1 Å². The maximum absolute atomic E-state index is 13.1. The zero-order chi connectivity index (χ0) is 21.6. The standard InChI is InChI=1S/C22H21FN2O4S/c1-2-25(30(27,28)19-14-12-17(23)13-15-19)16-22(26)24-20-10-6-7-11-21(20)29-18-8-4-3-5-9-18/h3-15H,2,16H2,1H3,(H,24,26). The monoisotopic (exact) mass is 428 g/mol. The summed E-state index contributed by atoms with van der Waals surface area (Å²) in [5, 5.41) is 2.70. The third-order valence-electron chi connectivity index (χ3n) is 4.26. The van der Waals surface area contributed by atoms with Gasteiger partial charge in [0.2, 0.25) is 15.9 Å². The number of sulfonamides is 1. The summed E-state index contributed by atoms with van der Waals surface area (Å²) in [4.78, 5) is 12.5. The summed E-state index contributed by atoms with van der Waals surface area (Å²) in [5.41, 5.74) is 0.418. The molecule has 0 fully saturated rings. The third kappa shape index (κ3) is 5.22. The third-order valence-corrected chi connectivity index (χ3v) is 6.19. The molecule has 0 unspecified atom stereocenters. The molecule has 0 aromatic heterocycles. The second-order valence-electron chi connectivity index (χ2n) is 6.34. The highest BCUT2D eigenvalue weighted by molar-refractivity contribution is 7.89. The van der Waals surface area contributed by atoms with Crippen LogP contribution >= 0.6 is 0 Å². The fraction of sp³-hybridized carbons (Fsp3) is 0.136. The summed E-state index contributed by atoms with van der Waals surface area (Å²) < 4.78 is 45.5. The minimum Gasteiger partial charge on any atom is -0.455 e. The van der Waals surface area contributed by atoms with Crippen molar-refractivity contribution >= 4 is 21.6 Å². The van der Waals surface area contributed by atoms with Gasteiger partial charge in [-0.3, -0.25) is 4.79 Å². The Morgan fingerprint density at radius 1 is 0.967 bits per heavy atom. The number of ether oxygens (including phenoxy) is 1. The van der Waals surface area contributed by atoms with E-state index in [0.29, 0.717) is 17.2 Å². The minimum absolute atomic E-state index is 0.0774. The molecule has 0 aliphatic carbocycles. The van der Waals surface area contributed by atoms with Crippen LogP contribution in [0.4, 0.5) is 10.1 Å². The topological polar surface area (TPSA) is 75.7 Å². The van der Waals surface area contributed by atoms with Gasteiger partial charge in [-0.25, -0.2) is 12.8 Å². The van der Waals surface area contributed by atoms with Gasteiger partial charge in [0.15, 0.2) is 5.75 Å². The molecule has 0 radical (unpaired) electrons. The highest BCUT2D eigenvalue weighted by Gasteiger charge is 2.25. The van der Waals surface area contributed by atoms with Crippen LogP contribution in [-0.4, -0.2) is 31.7 Å². The average molecular weight is 428 g/mol. The van der Waals surface area contributed by atoms with Crippen LogP contribution in [0.2, 0.25) is 0 Å². The lowest BCUT2D eigenvalue weighted by Crippen LogP contribution is -2.37. The van der Waals surface area contributed by atoms with Crippen LogP contribution in [0.5, 0.6) is 11.5 Å². The number of carbonyl (C=O) groups excluding carboxylic acids is 1. The highest BCUT2D eigenvalue weighted by Crippen LogP contribution is 2.29. The van der Waals surface area contributed by atoms with E-state index in [1.165, 1.54) is 12.1 Å². The molecule has 3 rings (SSSR count). The fourth-order valence-corrected chi connectivity index (χ4v) is 4.15. The second-order valence-corrected chi connectivity index (χ2v) is 8.28. The first-order chi connectivity index (χ1) is 14.4. The van der Waals surface area contributed by atoms with Crippen molar-refractivity contribution in [3.05, 3.63) is 84.7 Å². The van der Waals surface area contributed by atoms with Gasteiger partial charge in [0.25, 0.3) is 0 Å². The predicted octanol–water partition coefficient (Wildman–Crippen LogP) is 4.27. The Balaban J connectivity index is 1.74. The molecule has 1 N–H and O–H groups in total. The van der Waals surface area contributed by atoms with Gasteiger partial charge in [-0.1, -0.05) is 37.3 Å². The average Bonchev–Trinajstić information content (AvgIpc) is 2.74. The predicted molar refractivity (Wildman–Crippen MR) is 112 cm³/mol. The summed E-state index contributed by atoms with van der Waals surface area (Å²) >= 11 is 0. The number of likely N-dealkylation sites (N-methyl/N-ethyl adjacent to an activating group) is 1. The molecule has 0 aliphatic heterocycles. The van der Waals surface area contributed by atoms with Gasteiger partial charge in [-0.15, -0.1) is 0 Å². The number of hydrogen-bond acceptors (Lipinski definition) is 4. The van der Waals surface area contributed by atoms with Crippen molar-refractivity contribution in [3.63, 3.8) is 0 Å². The van der Waals surface area contributed by atoms with Crippen LogP contribution in [0.1, 0.15) is 6.92 Å². The number of para-hydroxylation sites is 3. The van der Waals surface area contributed by atoms with E-state index in [4.69, 9.17) is 4.74 Å². The lowest BCUT2D eigenvalue weighted by molar-refractivity contribution is -0.116. The van der Waals surface area contributed by atoms with Crippen molar-refractivity contribution in [2.24, 2.45) is 0 Å². The molecule has 3 aromatic rings. The number of nitrogens with zero attached hydrogens (tertiary/aromatic N) is 1. The largest absolute Gasteiger partial charge is 0.455 e. The maximum atomic E-state index is 13.1. The van der Waals surface area contributed by atoms with Crippen LogP contribution in [-0.2, 0) is 14.8 Å². The van der Waals surface area contributed by atoms with Crippen LogP contribution < -0.4 is 10.1 Å². The molecule has 1 amide bonds. The summed E-state index contributed by atoms with van der Waals surface area (Å²) in [7, 11) is -3.94. The van der Waals surface area contributed by atoms with Gasteiger partial charge in [0.05, 0.1) is 17.1 Å². The smallest absolute Gasteiger partial charge is 0.243 e. The maximum Gasteiger partial charge on any atom is 0.243 e. The summed E-state index contributed by atoms with van der Waals surface area (Å²) in [5.74, 6) is -0.0221. The van der Waals surface area contributed by atoms with Crippen molar-refractivity contribution in [2.45, 2.75) is 11.8 Å². The van der Waals surface area contributed by atoms with E-state index in [1.807, 2.05) is 18.2 Å². The molecule has 6 nitrogen and oxygen atoms in total. The van der Waals surface area contributed by atoms with Gasteiger partial charge in [-0.05, 0) is 48.5 Å². The minimum atomic E-state index is -3.94. The number of amides is 1. The van der Waals surface area contributed by atoms with E-state index < -0.39 is 28.3 Å². The molecular weight excluding hydrogens is 407 g/mol. The summed E-state index contributed by atoms with van der Waals surface area (Å²) in [6.45, 7) is 1.31. The van der Waals surface area contributed by atoms with Crippen molar-refractivity contribution in [1.29, 1.82) is 0 Å². The number of anilines is 1. The number of rotatable bonds is 8. The SMILES string of the molecule is CCN(CC(=O)Nc1ccccc1Oc1ccccc1)S(=O)(=O)c1ccc(F)cc1. The number of carbonyl (C=O) groups is 1. The van der Waals surface area contributed by atoms with Crippen LogP contribution in [0.25, 0.3) is 0 Å². The molecule has 30 heavy (non-hydrogen) atoms. The van der Waals surface area contributed by atoms with E-state index >= 15 is 0 Å². The van der Waals surface area contributed by atoms with Gasteiger partial charge in [0.1, 0.15) is 11.6 Å². The zero-order valence-electron chi connectivity index (χ0n) is 16.3. The Bertz CT molecular complexity index is 1100. The molecule has 0 atom stereocenters. The first-order valence-electron chi connectivity index (χ1n) is 9.27. The van der Waals surface area contributed by atoms with Gasteiger partial charge in [0, 0.05) is 6.54 Å². The molecule has 8 heteroatoms. The molecule has 0 saturated carbocycles. The molecule has 3 aromatic carbocycles. The first kappa shape index (κ1) is 21.5. The van der Waals surface area contributed by atoms with E-state index in [0.717, 1.165) is 16.4 Å². The Morgan fingerprint density at radius 3 is 2.27 bits per heavy atom. The number of nitrogens with one attached hydrogen (secondary N) is 1. The molecule has 156 valence electrons. The van der Waals surface area contributed by atoms with Crippen molar-refractivity contribution in [1.82, 2.24) is 4.31 Å². The van der Waals surface area contributed by atoms with Crippen LogP contribution in [0.15, 0.2) is 83.8 Å². The van der Waals surface area contributed by atoms with E-state index in [2.05, 4.69) is 5.32 Å². The Hall–Kier alpha value is -3.23. The van der Waals surface area contributed by atoms with E-state index in [-0.39, 0.29) is 11.4 Å². The molecule has 0 aliphatic rings. The summed E-state index contributed by atoms with van der Waals surface area (Å²) in [6, 6.07) is 20.5. The zero-order valence-corrected chi connectivity index (χ0v) is 17.1. The van der Waals surface area contributed by atoms with Gasteiger partial charge >= 0.3 is 0 Å². The highest BCUT2D eigenvalue weighted by atomic mass is 32.2. The van der Waals surface area contributed by atoms with E-state index in [9.17, 15) is 17.6 Å². The second kappa shape index (κ2) is 9.51. The lowest BCUT2D eigenvalue weighted by Gasteiger charge is -2.20. The first-order valence-corrected chi connectivity index (χ1v) is 10.7. The van der Waals surface area contributed by atoms with E-state index in [1.54, 1.807) is 43.3 Å². The molecular formula is C22H21FN2O4S. The normalized spacial score (nSPS) is 11.3. The summed E-state index contributed by atoms with van der Waals surface area (Å²) in [6.07, 6.45) is 0.